The van der Waals surface area contributed by atoms with Crippen LogP contribution >= 0.6 is 11.3 Å². The molecule has 2 aliphatic carbocycles. The highest BCUT2D eigenvalue weighted by molar-refractivity contribution is 7.14. The average Bonchev–Trinajstić information content (AvgIpc) is 3.64. The Morgan fingerprint density at radius 3 is 2.62 bits per heavy atom. The second-order valence-electron chi connectivity index (χ2n) is 12.8. The molecular weight excluding hydrogens is 584 g/mol. The summed E-state index contributed by atoms with van der Waals surface area (Å²) in [5.74, 6) is 1.58. The van der Waals surface area contributed by atoms with Crippen LogP contribution in [0.3, 0.4) is 0 Å². The van der Waals surface area contributed by atoms with Crippen LogP contribution in [0.5, 0.6) is 0 Å². The summed E-state index contributed by atoms with van der Waals surface area (Å²) in [6.45, 7) is 3.48. The number of nitrogens with one attached hydrogen (secondary N) is 2. The summed E-state index contributed by atoms with van der Waals surface area (Å²) in [6.07, 6.45) is 6.63. The molecular formula is C35H38N6O3S. The fourth-order valence-corrected chi connectivity index (χ4v) is 8.38. The zero-order valence-electron chi connectivity index (χ0n) is 26.1. The first-order valence-corrected chi connectivity index (χ1v) is 16.4. The first-order chi connectivity index (χ1) is 21.7. The van der Waals surface area contributed by atoms with Gasteiger partial charge in [-0.2, -0.15) is 0 Å². The first-order valence-electron chi connectivity index (χ1n) is 15.6. The summed E-state index contributed by atoms with van der Waals surface area (Å²) < 4.78 is 1.51. The van der Waals surface area contributed by atoms with E-state index in [0.29, 0.717) is 23.8 Å². The second kappa shape index (κ2) is 11.6. The third-order valence-corrected chi connectivity index (χ3v) is 11.1. The molecule has 1 aliphatic heterocycles. The number of anilines is 3. The van der Waals surface area contributed by atoms with Gasteiger partial charge in [0, 0.05) is 55.2 Å². The number of rotatable bonds is 6. The van der Waals surface area contributed by atoms with Gasteiger partial charge in [0.1, 0.15) is 6.04 Å². The van der Waals surface area contributed by atoms with E-state index < -0.39 is 0 Å². The normalized spacial score (nSPS) is 21.1. The van der Waals surface area contributed by atoms with Gasteiger partial charge in [0.05, 0.1) is 10.6 Å². The van der Waals surface area contributed by atoms with Crippen molar-refractivity contribution in [3.8, 4) is 11.3 Å². The van der Waals surface area contributed by atoms with E-state index in [0.717, 1.165) is 46.1 Å². The number of piperazine rings is 1. The zero-order valence-corrected chi connectivity index (χ0v) is 26.9. The van der Waals surface area contributed by atoms with Crippen molar-refractivity contribution in [1.82, 2.24) is 19.4 Å². The summed E-state index contributed by atoms with van der Waals surface area (Å²) in [7, 11) is 5.49. The highest BCUT2D eigenvalue weighted by Crippen LogP contribution is 2.49. The molecule has 0 spiro atoms. The van der Waals surface area contributed by atoms with Crippen LogP contribution in [0, 0.1) is 12.8 Å². The molecule has 45 heavy (non-hydrogen) atoms. The molecule has 2 N–H and O–H groups in total. The first kappa shape index (κ1) is 29.4. The summed E-state index contributed by atoms with van der Waals surface area (Å²) in [4.78, 5) is 50.0. The molecule has 232 valence electrons. The lowest BCUT2D eigenvalue weighted by atomic mass is 9.89. The number of aryl methyl sites for hydroxylation is 1. The molecule has 3 aliphatic rings. The van der Waals surface area contributed by atoms with Crippen LogP contribution in [0.1, 0.15) is 62.5 Å². The number of aromatic nitrogens is 2. The molecule has 1 saturated carbocycles. The Kier molecular flexibility index (Phi) is 7.57. The third-order valence-electron chi connectivity index (χ3n) is 9.74. The Bertz CT molecular complexity index is 1860. The highest BCUT2D eigenvalue weighted by Gasteiger charge is 2.35. The summed E-state index contributed by atoms with van der Waals surface area (Å²) in [5.41, 5.74) is 5.74. The maximum absolute atomic E-state index is 13.4. The van der Waals surface area contributed by atoms with E-state index in [1.807, 2.05) is 63.5 Å². The minimum atomic E-state index is -0.330. The van der Waals surface area contributed by atoms with Crippen LogP contribution in [0.2, 0.25) is 0 Å². The van der Waals surface area contributed by atoms with Gasteiger partial charge < -0.3 is 20.1 Å². The lowest BCUT2D eigenvalue weighted by Gasteiger charge is -2.37. The van der Waals surface area contributed by atoms with Crippen LogP contribution in [0.15, 0.2) is 59.5 Å². The SMILES string of the molecule is Cc1c(NC(=O)c2cc3c(s2)[C@H]2CC[C@@H](C3)C2)cccc1-c1cn(C)c(=O)c(Nc2ccc([C@@H]3C(=O)N(C)CCN3C)cc2)n1. The average molecular weight is 623 g/mol. The van der Waals surface area contributed by atoms with Gasteiger partial charge in [-0.1, -0.05) is 24.3 Å². The quantitative estimate of drug-likeness (QED) is 0.286. The van der Waals surface area contributed by atoms with Crippen molar-refractivity contribution < 1.29 is 9.59 Å². The number of benzene rings is 2. The summed E-state index contributed by atoms with van der Waals surface area (Å²) in [5, 5.41) is 6.33. The van der Waals surface area contributed by atoms with Crippen molar-refractivity contribution in [2.75, 3.05) is 37.8 Å². The Hall–Kier alpha value is -4.28. The van der Waals surface area contributed by atoms with Crippen molar-refractivity contribution in [1.29, 1.82) is 0 Å². The van der Waals surface area contributed by atoms with Crippen molar-refractivity contribution in [3.63, 3.8) is 0 Å². The summed E-state index contributed by atoms with van der Waals surface area (Å²) in [6, 6.07) is 15.1. The highest BCUT2D eigenvalue weighted by atomic mass is 32.1. The number of carbonyl (C=O) groups excluding carboxylic acids is 2. The maximum atomic E-state index is 13.4. The standard InChI is InChI=1S/C35H38N6O3S/c1-20-26(6-5-7-27(20)38-33(42)29-18-24-17-21-8-9-23(16-21)31(24)45-29)28-19-41(4)35(44)32(37-28)36-25-12-10-22(11-13-25)30-34(43)40(3)15-14-39(30)2/h5-7,10-13,18-19,21,23,30H,8-9,14-17H2,1-4H3,(H,36,37)(H,38,42)/t21-,23+,30-/m1/s1. The van der Waals surface area contributed by atoms with E-state index in [4.69, 9.17) is 4.98 Å². The van der Waals surface area contributed by atoms with E-state index in [1.54, 1.807) is 29.5 Å². The molecule has 2 amide bonds. The Morgan fingerprint density at radius 2 is 1.82 bits per heavy atom. The van der Waals surface area contributed by atoms with Crippen molar-refractivity contribution in [3.05, 3.63) is 91.5 Å². The zero-order chi connectivity index (χ0) is 31.4. The van der Waals surface area contributed by atoms with Gasteiger partial charge in [-0.15, -0.1) is 11.3 Å². The third kappa shape index (κ3) is 5.46. The van der Waals surface area contributed by atoms with E-state index in [-0.39, 0.29) is 29.2 Å². The molecule has 4 aromatic rings. The lowest BCUT2D eigenvalue weighted by Crippen LogP contribution is -2.48. The molecule has 9 nitrogen and oxygen atoms in total. The number of carbonyl (C=O) groups is 2. The molecule has 7 rings (SSSR count). The topological polar surface area (TPSA) is 99.6 Å². The van der Waals surface area contributed by atoms with Gasteiger partial charge in [0.2, 0.25) is 5.91 Å². The number of hydrogen-bond donors (Lipinski definition) is 2. The van der Waals surface area contributed by atoms with E-state index in [9.17, 15) is 14.4 Å². The molecule has 3 heterocycles. The number of thiophene rings is 1. The Labute approximate surface area is 266 Å². The molecule has 2 fully saturated rings. The van der Waals surface area contributed by atoms with Crippen LogP contribution in [0.25, 0.3) is 11.3 Å². The van der Waals surface area contributed by atoms with E-state index in [2.05, 4.69) is 21.6 Å². The molecule has 10 heteroatoms. The Morgan fingerprint density at radius 1 is 1.02 bits per heavy atom. The van der Waals surface area contributed by atoms with Crippen LogP contribution in [-0.2, 0) is 18.3 Å². The molecule has 1 saturated heterocycles. The predicted molar refractivity (Wildman–Crippen MR) is 178 cm³/mol. The molecule has 2 bridgehead atoms. The largest absolute Gasteiger partial charge is 0.343 e. The number of nitrogens with zero attached hydrogens (tertiary/aromatic N) is 4. The van der Waals surface area contributed by atoms with Gasteiger partial charge in [-0.25, -0.2) is 4.98 Å². The van der Waals surface area contributed by atoms with Crippen molar-refractivity contribution in [2.24, 2.45) is 13.0 Å². The maximum Gasteiger partial charge on any atom is 0.293 e. The van der Waals surface area contributed by atoms with Gasteiger partial charge in [-0.3, -0.25) is 19.3 Å². The lowest BCUT2D eigenvalue weighted by molar-refractivity contribution is -0.139. The van der Waals surface area contributed by atoms with Gasteiger partial charge >= 0.3 is 0 Å². The minimum Gasteiger partial charge on any atom is -0.343 e. The number of likely N-dealkylation sites (N-methyl/N-ethyl adjacent to an activating group) is 2. The fourth-order valence-electron chi connectivity index (χ4n) is 7.15. The number of amides is 2. The van der Waals surface area contributed by atoms with Crippen molar-refractivity contribution in [2.45, 2.75) is 44.6 Å². The Balaban J connectivity index is 1.11. The molecule has 0 radical (unpaired) electrons. The molecule has 2 aromatic heterocycles. The number of hydrogen-bond acceptors (Lipinski definition) is 7. The second-order valence-corrected chi connectivity index (χ2v) is 13.9. The summed E-state index contributed by atoms with van der Waals surface area (Å²) >= 11 is 1.65. The van der Waals surface area contributed by atoms with Crippen LogP contribution in [-0.4, -0.2) is 58.4 Å². The van der Waals surface area contributed by atoms with Crippen molar-refractivity contribution >= 4 is 40.3 Å². The van der Waals surface area contributed by atoms with Gasteiger partial charge in [0.15, 0.2) is 5.82 Å². The fraction of sp³-hybridized carbons (Fsp3) is 0.371. The molecule has 3 atom stereocenters. The smallest absolute Gasteiger partial charge is 0.293 e. The molecule has 0 unspecified atom stereocenters. The minimum absolute atomic E-state index is 0.0720. The monoisotopic (exact) mass is 622 g/mol. The van der Waals surface area contributed by atoms with Gasteiger partial charge in [-0.05, 0) is 92.4 Å². The van der Waals surface area contributed by atoms with E-state index in [1.165, 1.54) is 34.3 Å². The van der Waals surface area contributed by atoms with Crippen LogP contribution in [0.4, 0.5) is 17.2 Å². The number of fused-ring (bicyclic) bond motifs is 4. The van der Waals surface area contributed by atoms with E-state index >= 15 is 0 Å². The van der Waals surface area contributed by atoms with Gasteiger partial charge in [0.25, 0.3) is 11.5 Å². The molecule has 2 aromatic carbocycles. The van der Waals surface area contributed by atoms with Crippen LogP contribution < -0.4 is 16.2 Å². The predicted octanol–water partition coefficient (Wildman–Crippen LogP) is 5.70.